The highest BCUT2D eigenvalue weighted by Crippen LogP contribution is 2.41. The van der Waals surface area contributed by atoms with Gasteiger partial charge in [0.2, 0.25) is 5.91 Å². The molecule has 0 unspecified atom stereocenters. The van der Waals surface area contributed by atoms with Crippen molar-refractivity contribution in [1.29, 1.82) is 0 Å². The number of nitrogens with zero attached hydrogens (tertiary/aromatic N) is 5. The molecule has 250 valence electrons. The first-order valence-corrected chi connectivity index (χ1v) is 16.0. The lowest BCUT2D eigenvalue weighted by Crippen LogP contribution is -2.53. The zero-order chi connectivity index (χ0) is 33.1. The van der Waals surface area contributed by atoms with Crippen LogP contribution in [0.5, 0.6) is 5.75 Å². The number of benzene rings is 2. The van der Waals surface area contributed by atoms with Gasteiger partial charge in [0.1, 0.15) is 29.5 Å². The third kappa shape index (κ3) is 7.47. The third-order valence-electron chi connectivity index (χ3n) is 8.85. The molecule has 2 N–H and O–H groups in total. The fraction of sp³-hybridized carbons (Fsp3) is 0.441. The maximum absolute atomic E-state index is 14.0. The van der Waals surface area contributed by atoms with E-state index in [9.17, 15) is 13.6 Å². The molecule has 47 heavy (non-hydrogen) atoms. The standard InChI is InChI=1S/C34H41F2N7O4/c1-5-34(44)40-27-15-28(31(45-4)16-30(27)41-9-6-26(7-10-41)42-18-21(2)47-22(3)19-42)39-32-17-33(38-20-37-32)43-29(8-11-46-43)23-12-24(35)14-25(36)13-23/h5,12-17,20-22,26,29H,1,6-11,18-19H2,2-4H3,(H,40,44)(H,37,38,39)/t21-,22+,29-/m1/s1. The molecule has 2 aromatic carbocycles. The SMILES string of the molecule is C=CC(=O)Nc1cc(Nc2cc(N3OCC[C@@H]3c3cc(F)cc(F)c3)ncn2)c(OC)cc1N1CCC(N2C[C@@H](C)O[C@@H](C)C2)CC1. The smallest absolute Gasteiger partial charge is 0.247 e. The van der Waals surface area contributed by atoms with Crippen molar-refractivity contribution in [3.05, 3.63) is 72.6 Å². The van der Waals surface area contributed by atoms with Crippen molar-refractivity contribution >= 4 is 34.6 Å². The van der Waals surface area contributed by atoms with E-state index in [2.05, 4.69) is 50.8 Å². The number of morpholine rings is 1. The molecule has 1 amide bonds. The minimum Gasteiger partial charge on any atom is -0.494 e. The van der Waals surface area contributed by atoms with E-state index in [0.29, 0.717) is 53.4 Å². The third-order valence-corrected chi connectivity index (χ3v) is 8.85. The van der Waals surface area contributed by atoms with Gasteiger partial charge in [-0.3, -0.25) is 14.5 Å². The Morgan fingerprint density at radius 1 is 1.00 bits per heavy atom. The Morgan fingerprint density at radius 2 is 1.72 bits per heavy atom. The lowest BCUT2D eigenvalue weighted by Gasteiger charge is -2.44. The number of rotatable bonds is 9. The first-order chi connectivity index (χ1) is 22.7. The summed E-state index contributed by atoms with van der Waals surface area (Å²) in [5.41, 5.74) is 2.48. The molecule has 11 nitrogen and oxygen atoms in total. The number of carbonyl (C=O) groups excluding carboxylic acids is 1. The Morgan fingerprint density at radius 3 is 2.40 bits per heavy atom. The van der Waals surface area contributed by atoms with Crippen LogP contribution in [-0.2, 0) is 14.4 Å². The normalized spacial score (nSPS) is 22.3. The number of carbonyl (C=O) groups is 1. The fourth-order valence-electron chi connectivity index (χ4n) is 6.81. The first-order valence-electron chi connectivity index (χ1n) is 16.0. The summed E-state index contributed by atoms with van der Waals surface area (Å²) in [7, 11) is 1.59. The molecule has 6 rings (SSSR count). The van der Waals surface area contributed by atoms with Crippen LogP contribution >= 0.6 is 0 Å². The topological polar surface area (TPSA) is 104 Å². The Kier molecular flexibility index (Phi) is 9.85. The van der Waals surface area contributed by atoms with Gasteiger partial charge in [0, 0.05) is 56.8 Å². The van der Waals surface area contributed by atoms with E-state index in [4.69, 9.17) is 14.3 Å². The van der Waals surface area contributed by atoms with E-state index < -0.39 is 17.7 Å². The number of hydroxylamine groups is 1. The lowest BCUT2D eigenvalue weighted by molar-refractivity contribution is -0.111. The van der Waals surface area contributed by atoms with Crippen LogP contribution in [0.4, 0.5) is 37.5 Å². The van der Waals surface area contributed by atoms with Crippen LogP contribution in [0.3, 0.4) is 0 Å². The van der Waals surface area contributed by atoms with Crippen LogP contribution in [0.1, 0.15) is 44.7 Å². The van der Waals surface area contributed by atoms with E-state index in [-0.39, 0.29) is 18.1 Å². The summed E-state index contributed by atoms with van der Waals surface area (Å²) in [5.74, 6) is -0.243. The molecular formula is C34H41F2N7O4. The van der Waals surface area contributed by atoms with Crippen LogP contribution in [0, 0.1) is 11.6 Å². The van der Waals surface area contributed by atoms with Gasteiger partial charge in [0.25, 0.3) is 0 Å². The minimum atomic E-state index is -0.655. The van der Waals surface area contributed by atoms with Crippen molar-refractivity contribution < 1.29 is 27.9 Å². The molecule has 3 aliphatic rings. The Hall–Kier alpha value is -4.33. The molecule has 3 aromatic rings. The highest BCUT2D eigenvalue weighted by molar-refractivity contribution is 6.02. The van der Waals surface area contributed by atoms with Gasteiger partial charge < -0.3 is 25.0 Å². The van der Waals surface area contributed by atoms with Crippen molar-refractivity contribution in [2.75, 3.05) is 60.5 Å². The number of piperidine rings is 1. The number of nitrogens with one attached hydrogen (secondary N) is 2. The molecule has 3 aliphatic heterocycles. The second kappa shape index (κ2) is 14.2. The molecule has 0 bridgehead atoms. The van der Waals surface area contributed by atoms with E-state index in [1.54, 1.807) is 18.2 Å². The number of anilines is 5. The number of amides is 1. The summed E-state index contributed by atoms with van der Waals surface area (Å²) in [4.78, 5) is 31.9. The van der Waals surface area contributed by atoms with Crippen molar-refractivity contribution in [3.63, 3.8) is 0 Å². The summed E-state index contributed by atoms with van der Waals surface area (Å²) in [6, 6.07) is 8.90. The summed E-state index contributed by atoms with van der Waals surface area (Å²) >= 11 is 0. The first kappa shape index (κ1) is 32.6. The average molecular weight is 650 g/mol. The number of aromatic nitrogens is 2. The fourth-order valence-corrected chi connectivity index (χ4v) is 6.81. The highest BCUT2D eigenvalue weighted by Gasteiger charge is 2.32. The van der Waals surface area contributed by atoms with E-state index >= 15 is 0 Å². The zero-order valence-electron chi connectivity index (χ0n) is 26.9. The molecule has 0 spiro atoms. The number of ether oxygens (including phenoxy) is 2. The predicted molar refractivity (Wildman–Crippen MR) is 176 cm³/mol. The van der Waals surface area contributed by atoms with Gasteiger partial charge in [-0.2, -0.15) is 0 Å². The Bertz CT molecular complexity index is 1570. The molecule has 3 saturated heterocycles. The second-order valence-electron chi connectivity index (χ2n) is 12.2. The van der Waals surface area contributed by atoms with Crippen molar-refractivity contribution in [2.24, 2.45) is 0 Å². The van der Waals surface area contributed by atoms with Crippen LogP contribution in [0.25, 0.3) is 0 Å². The molecule has 0 radical (unpaired) electrons. The molecule has 13 heteroatoms. The van der Waals surface area contributed by atoms with Gasteiger partial charge in [0.05, 0.1) is 49.0 Å². The largest absolute Gasteiger partial charge is 0.494 e. The Balaban J connectivity index is 1.23. The quantitative estimate of drug-likeness (QED) is 0.285. The minimum absolute atomic E-state index is 0.218. The molecule has 0 aliphatic carbocycles. The van der Waals surface area contributed by atoms with Crippen LogP contribution in [0.2, 0.25) is 0 Å². The van der Waals surface area contributed by atoms with Gasteiger partial charge in [-0.15, -0.1) is 0 Å². The summed E-state index contributed by atoms with van der Waals surface area (Å²) < 4.78 is 39.8. The van der Waals surface area contributed by atoms with Gasteiger partial charge in [-0.05, 0) is 56.5 Å². The average Bonchev–Trinajstić information content (AvgIpc) is 3.55. The maximum Gasteiger partial charge on any atom is 0.247 e. The number of halogens is 2. The zero-order valence-corrected chi connectivity index (χ0v) is 26.9. The number of hydrogen-bond acceptors (Lipinski definition) is 10. The number of hydrogen-bond donors (Lipinski definition) is 2. The molecule has 3 fully saturated rings. The van der Waals surface area contributed by atoms with Crippen molar-refractivity contribution in [1.82, 2.24) is 14.9 Å². The van der Waals surface area contributed by atoms with Crippen molar-refractivity contribution in [2.45, 2.75) is 57.4 Å². The van der Waals surface area contributed by atoms with Gasteiger partial charge in [-0.1, -0.05) is 6.58 Å². The lowest BCUT2D eigenvalue weighted by atomic mass is 10.00. The maximum atomic E-state index is 14.0. The monoisotopic (exact) mass is 649 g/mol. The molecule has 4 heterocycles. The summed E-state index contributed by atoms with van der Waals surface area (Å²) in [5, 5.41) is 7.80. The van der Waals surface area contributed by atoms with E-state index in [1.807, 2.05) is 12.1 Å². The van der Waals surface area contributed by atoms with E-state index in [1.165, 1.54) is 24.5 Å². The second-order valence-corrected chi connectivity index (χ2v) is 12.2. The number of methoxy groups -OCH3 is 1. The molecule has 0 saturated carbocycles. The van der Waals surface area contributed by atoms with Gasteiger partial charge in [0.15, 0.2) is 5.82 Å². The van der Waals surface area contributed by atoms with Crippen molar-refractivity contribution in [3.8, 4) is 5.75 Å². The Labute approximate surface area is 273 Å². The van der Waals surface area contributed by atoms with Gasteiger partial charge in [-0.25, -0.2) is 23.8 Å². The molecular weight excluding hydrogens is 608 g/mol. The van der Waals surface area contributed by atoms with Gasteiger partial charge >= 0.3 is 0 Å². The molecule has 3 atom stereocenters. The summed E-state index contributed by atoms with van der Waals surface area (Å²) in [6.07, 6.45) is 5.56. The van der Waals surface area contributed by atoms with Crippen LogP contribution in [-0.4, -0.2) is 78.9 Å². The van der Waals surface area contributed by atoms with Crippen LogP contribution in [0.15, 0.2) is 55.4 Å². The van der Waals surface area contributed by atoms with E-state index in [0.717, 1.165) is 50.8 Å². The molecule has 1 aromatic heterocycles. The highest BCUT2D eigenvalue weighted by atomic mass is 19.1. The summed E-state index contributed by atoms with van der Waals surface area (Å²) in [6.45, 7) is 11.7. The predicted octanol–water partition coefficient (Wildman–Crippen LogP) is 5.59. The van der Waals surface area contributed by atoms with Crippen LogP contribution < -0.4 is 25.3 Å².